The van der Waals surface area contributed by atoms with Gasteiger partial charge in [0, 0.05) is 50.3 Å². The van der Waals surface area contributed by atoms with Crippen LogP contribution in [-0.4, -0.2) is 51.7 Å². The van der Waals surface area contributed by atoms with E-state index < -0.39 is 5.92 Å². The van der Waals surface area contributed by atoms with Gasteiger partial charge in [0.2, 0.25) is 0 Å². The molecule has 0 unspecified atom stereocenters. The number of nitrogens with zero attached hydrogens (tertiary/aromatic N) is 4. The van der Waals surface area contributed by atoms with Crippen LogP contribution in [0.25, 0.3) is 27.9 Å². The first-order valence-electron chi connectivity index (χ1n) is 10.4. The monoisotopic (exact) mass is 476 g/mol. The van der Waals surface area contributed by atoms with E-state index in [1.54, 1.807) is 30.6 Å². The number of ether oxygens (including phenoxy) is 1. The zero-order chi connectivity index (χ0) is 22.1. The van der Waals surface area contributed by atoms with E-state index in [1.165, 1.54) is 0 Å². The number of rotatable bonds is 5. The highest BCUT2D eigenvalue weighted by Gasteiger charge is 2.33. The van der Waals surface area contributed by atoms with Gasteiger partial charge in [-0.05, 0) is 36.4 Å². The summed E-state index contributed by atoms with van der Waals surface area (Å²) in [5, 5.41) is 13.9. The third-order valence-corrected chi connectivity index (χ3v) is 5.76. The highest BCUT2D eigenvalue weighted by atomic mass is 35.5. The number of likely N-dealkylation sites (tertiary alicyclic amines) is 1. The van der Waals surface area contributed by atoms with Gasteiger partial charge in [-0.15, -0.1) is 12.4 Å². The van der Waals surface area contributed by atoms with Gasteiger partial charge >= 0.3 is 0 Å². The van der Waals surface area contributed by atoms with Crippen molar-refractivity contribution < 1.29 is 23.1 Å². The maximum atomic E-state index is 13.3. The van der Waals surface area contributed by atoms with Crippen LogP contribution in [0.3, 0.4) is 0 Å². The summed E-state index contributed by atoms with van der Waals surface area (Å²) in [5.74, 6) is -1.49. The molecular formula is C23H23ClF2N4O3. The minimum Gasteiger partial charge on any atom is -0.492 e. The standard InChI is InChI=1S/C23H22F2N4O3.ClH/c24-23(25)5-8-28(9-6-23)10-11-31-17-3-4-21-18(13-17)19(27-30)14-22(32-21)20-12-16-2-1-7-29(16)15-26-20;/h1-4,7,12-15,30H,5-6,8-11H2;1H/b27-19-;. The quantitative estimate of drug-likeness (QED) is 0.337. The topological polar surface area (TPSA) is 75.5 Å². The molecule has 1 fully saturated rings. The van der Waals surface area contributed by atoms with Crippen LogP contribution < -0.4 is 10.1 Å². The van der Waals surface area contributed by atoms with E-state index in [-0.39, 0.29) is 25.2 Å². The van der Waals surface area contributed by atoms with Crippen LogP contribution in [0.5, 0.6) is 5.75 Å². The largest absolute Gasteiger partial charge is 0.492 e. The first-order chi connectivity index (χ1) is 15.5. The first-order valence-corrected chi connectivity index (χ1v) is 10.4. The molecule has 4 heterocycles. The van der Waals surface area contributed by atoms with Crippen molar-refractivity contribution in [2.24, 2.45) is 5.16 Å². The SMILES string of the molecule is Cl.O/N=c1/cc(-c2cc3cccn3cn2)oc2ccc(OCCN3CCC(F)(F)CC3)cc12. The van der Waals surface area contributed by atoms with Crippen molar-refractivity contribution in [2.75, 3.05) is 26.2 Å². The number of fused-ring (bicyclic) bond motifs is 2. The molecule has 10 heteroatoms. The lowest BCUT2D eigenvalue weighted by molar-refractivity contribution is -0.0564. The van der Waals surface area contributed by atoms with E-state index in [9.17, 15) is 14.0 Å². The number of piperidine rings is 1. The summed E-state index contributed by atoms with van der Waals surface area (Å²) >= 11 is 0. The molecule has 0 bridgehead atoms. The number of benzene rings is 1. The highest BCUT2D eigenvalue weighted by Crippen LogP contribution is 2.28. The van der Waals surface area contributed by atoms with Crippen molar-refractivity contribution in [1.29, 1.82) is 0 Å². The molecule has 0 atom stereocenters. The number of halogens is 3. The van der Waals surface area contributed by atoms with Crippen LogP contribution in [-0.2, 0) is 0 Å². The second-order valence-corrected chi connectivity index (χ2v) is 7.91. The first kappa shape index (κ1) is 23.0. The second-order valence-electron chi connectivity index (χ2n) is 7.91. The van der Waals surface area contributed by atoms with E-state index in [0.29, 0.717) is 59.8 Å². The van der Waals surface area contributed by atoms with Crippen molar-refractivity contribution in [1.82, 2.24) is 14.3 Å². The van der Waals surface area contributed by atoms with E-state index in [2.05, 4.69) is 10.1 Å². The Morgan fingerprint density at radius 1 is 1.15 bits per heavy atom. The molecule has 0 radical (unpaired) electrons. The molecule has 1 aliphatic rings. The number of hydrogen-bond donors (Lipinski definition) is 1. The summed E-state index contributed by atoms with van der Waals surface area (Å²) in [7, 11) is 0. The smallest absolute Gasteiger partial charge is 0.250 e. The molecule has 1 N–H and O–H groups in total. The van der Waals surface area contributed by atoms with Gasteiger partial charge in [0.05, 0.1) is 11.7 Å². The van der Waals surface area contributed by atoms with Crippen LogP contribution in [0.2, 0.25) is 0 Å². The van der Waals surface area contributed by atoms with E-state index >= 15 is 0 Å². The van der Waals surface area contributed by atoms with Gasteiger partial charge in [-0.1, -0.05) is 5.16 Å². The maximum absolute atomic E-state index is 13.3. The minimum atomic E-state index is -2.55. The van der Waals surface area contributed by atoms with E-state index in [4.69, 9.17) is 9.15 Å². The van der Waals surface area contributed by atoms with Crippen molar-refractivity contribution in [3.8, 4) is 17.2 Å². The Morgan fingerprint density at radius 3 is 2.76 bits per heavy atom. The summed E-state index contributed by atoms with van der Waals surface area (Å²) in [6.07, 6.45) is 3.38. The minimum absolute atomic E-state index is 0. The van der Waals surface area contributed by atoms with Gasteiger partial charge < -0.3 is 18.8 Å². The Labute approximate surface area is 194 Å². The number of alkyl halides is 2. The molecule has 0 amide bonds. The zero-order valence-corrected chi connectivity index (χ0v) is 18.5. The van der Waals surface area contributed by atoms with Crippen molar-refractivity contribution in [3.05, 3.63) is 60.3 Å². The molecule has 0 spiro atoms. The lowest BCUT2D eigenvalue weighted by Gasteiger charge is -2.31. The summed E-state index contributed by atoms with van der Waals surface area (Å²) in [6.45, 7) is 1.68. The number of aromatic nitrogens is 2. The predicted molar refractivity (Wildman–Crippen MR) is 121 cm³/mol. The van der Waals surface area contributed by atoms with E-state index in [1.807, 2.05) is 33.7 Å². The summed E-state index contributed by atoms with van der Waals surface area (Å²) in [6, 6.07) is 12.7. The Balaban J connectivity index is 0.00000259. The fourth-order valence-corrected chi connectivity index (χ4v) is 3.91. The van der Waals surface area contributed by atoms with Crippen molar-refractivity contribution in [2.45, 2.75) is 18.8 Å². The van der Waals surface area contributed by atoms with Gasteiger partial charge in [-0.2, -0.15) is 0 Å². The van der Waals surface area contributed by atoms with Crippen LogP contribution in [0.1, 0.15) is 12.8 Å². The zero-order valence-electron chi connectivity index (χ0n) is 17.7. The molecule has 7 nitrogen and oxygen atoms in total. The molecule has 5 rings (SSSR count). The Hall–Kier alpha value is -3.17. The molecule has 1 aromatic carbocycles. The molecule has 174 valence electrons. The highest BCUT2D eigenvalue weighted by molar-refractivity contribution is 5.85. The summed E-state index contributed by atoms with van der Waals surface area (Å²) in [4.78, 5) is 6.39. The molecular weight excluding hydrogens is 454 g/mol. The maximum Gasteiger partial charge on any atom is 0.250 e. The lowest BCUT2D eigenvalue weighted by Crippen LogP contribution is -2.41. The third-order valence-electron chi connectivity index (χ3n) is 5.76. The summed E-state index contributed by atoms with van der Waals surface area (Å²) < 4.78 is 40.3. The average molecular weight is 477 g/mol. The molecule has 0 aliphatic carbocycles. The Bertz CT molecular complexity index is 1330. The van der Waals surface area contributed by atoms with Gasteiger partial charge in [0.15, 0.2) is 5.76 Å². The molecule has 3 aromatic heterocycles. The van der Waals surface area contributed by atoms with Crippen LogP contribution in [0.15, 0.2) is 64.6 Å². The normalized spacial score (nSPS) is 16.7. The number of hydrogen-bond acceptors (Lipinski definition) is 6. The average Bonchev–Trinajstić information content (AvgIpc) is 3.27. The molecule has 33 heavy (non-hydrogen) atoms. The molecule has 1 saturated heterocycles. The van der Waals surface area contributed by atoms with Gasteiger partial charge in [-0.25, -0.2) is 13.8 Å². The van der Waals surface area contributed by atoms with Crippen LogP contribution >= 0.6 is 12.4 Å². The van der Waals surface area contributed by atoms with Crippen LogP contribution in [0, 0.1) is 0 Å². The Morgan fingerprint density at radius 2 is 1.97 bits per heavy atom. The lowest BCUT2D eigenvalue weighted by atomic mass is 10.1. The fourth-order valence-electron chi connectivity index (χ4n) is 3.91. The van der Waals surface area contributed by atoms with Gasteiger partial charge in [-0.3, -0.25) is 4.90 Å². The molecule has 1 aliphatic heterocycles. The third kappa shape index (κ3) is 4.94. The Kier molecular flexibility index (Phi) is 6.53. The van der Waals surface area contributed by atoms with Crippen molar-refractivity contribution >= 4 is 28.9 Å². The molecule has 0 saturated carbocycles. The predicted octanol–water partition coefficient (Wildman–Crippen LogP) is 4.57. The second kappa shape index (κ2) is 9.36. The van der Waals surface area contributed by atoms with E-state index in [0.717, 1.165) is 5.52 Å². The molecule has 4 aromatic rings. The van der Waals surface area contributed by atoms with Crippen LogP contribution in [0.4, 0.5) is 8.78 Å². The summed E-state index contributed by atoms with van der Waals surface area (Å²) in [5.41, 5.74) is 2.11. The fraction of sp³-hybridized carbons (Fsp3) is 0.304. The van der Waals surface area contributed by atoms with Gasteiger partial charge in [0.1, 0.15) is 29.0 Å². The van der Waals surface area contributed by atoms with Gasteiger partial charge in [0.25, 0.3) is 5.92 Å². The van der Waals surface area contributed by atoms with Crippen molar-refractivity contribution in [3.63, 3.8) is 0 Å².